The molecule has 3 aliphatic heterocycles. The van der Waals surface area contributed by atoms with Gasteiger partial charge in [-0.2, -0.15) is 0 Å². The first-order chi connectivity index (χ1) is 24.6. The fraction of sp³-hybridized carbons (Fsp3) is 0.590. The molecule has 3 N–H and O–H groups in total. The lowest BCUT2D eigenvalue weighted by atomic mass is 9.85. The van der Waals surface area contributed by atoms with Crippen LogP contribution in [0.25, 0.3) is 0 Å². The van der Waals surface area contributed by atoms with Gasteiger partial charge in [0.1, 0.15) is 23.5 Å². The van der Waals surface area contributed by atoms with Crippen LogP contribution in [0.1, 0.15) is 89.8 Å². The molecule has 4 amide bonds. The lowest BCUT2D eigenvalue weighted by Crippen LogP contribution is -2.58. The Labute approximate surface area is 306 Å². The Bertz CT molecular complexity index is 1730. The number of cyclic esters (lactones) is 1. The third-order valence-electron chi connectivity index (χ3n) is 11.3. The third-order valence-corrected chi connectivity index (χ3v) is 14.0. The van der Waals surface area contributed by atoms with Gasteiger partial charge in [-0.05, 0) is 71.8 Å². The van der Waals surface area contributed by atoms with E-state index in [0.29, 0.717) is 25.9 Å². The van der Waals surface area contributed by atoms with Crippen molar-refractivity contribution < 1.29 is 38.1 Å². The molecule has 2 aromatic carbocycles. The highest BCUT2D eigenvalue weighted by Crippen LogP contribution is 2.69. The maximum atomic E-state index is 14.5. The van der Waals surface area contributed by atoms with Crippen molar-refractivity contribution in [2.45, 2.75) is 116 Å². The molecular formula is C39H53N4O8P. The molecule has 7 atom stereocenters. The number of alkyl carbamates (subject to hydrolysis) is 1. The molecule has 0 spiro atoms. The van der Waals surface area contributed by atoms with Crippen molar-refractivity contribution in [2.75, 3.05) is 13.2 Å². The van der Waals surface area contributed by atoms with Gasteiger partial charge in [0, 0.05) is 24.8 Å². The molecule has 1 saturated carbocycles. The zero-order chi connectivity index (χ0) is 37.4. The van der Waals surface area contributed by atoms with Crippen LogP contribution in [0.4, 0.5) is 9.59 Å². The van der Waals surface area contributed by atoms with Gasteiger partial charge in [0.25, 0.3) is 7.37 Å². The van der Waals surface area contributed by atoms with Crippen LogP contribution in [0, 0.1) is 17.3 Å². The molecule has 2 aromatic rings. The van der Waals surface area contributed by atoms with E-state index in [1.54, 1.807) is 35.2 Å². The molecule has 13 heteroatoms. The van der Waals surface area contributed by atoms with Crippen LogP contribution in [-0.2, 0) is 43.1 Å². The summed E-state index contributed by atoms with van der Waals surface area (Å²) < 4.78 is 25.8. The van der Waals surface area contributed by atoms with Crippen molar-refractivity contribution in [3.8, 4) is 0 Å². The summed E-state index contributed by atoms with van der Waals surface area (Å²) in [6, 6.07) is 12.2. The van der Waals surface area contributed by atoms with E-state index in [1.165, 1.54) is 10.5 Å². The summed E-state index contributed by atoms with van der Waals surface area (Å²) in [5, 5.41) is 4.56. The molecule has 282 valence electrons. The number of nitrogens with one attached hydrogen (secondary N) is 2. The molecule has 1 unspecified atom stereocenters. The number of carbonyl (C=O) groups is 4. The normalized spacial score (nSPS) is 29.7. The SMILES string of the molecule is CC[C@H]1C[C@]1(NC(=O)[C@@H]1C[C@@H]2CN1C(=O)[C@H](C(C)(C)C)NC(=O)OC[C@@H](C)CCCCc1cccc3c1CN(C3)C(=O)O2)P(=O)(O)c1ccccc1. The second-order valence-electron chi connectivity index (χ2n) is 16.2. The molecule has 3 heterocycles. The number of amides is 4. The fourth-order valence-corrected chi connectivity index (χ4v) is 10.5. The van der Waals surface area contributed by atoms with Gasteiger partial charge < -0.3 is 29.9 Å². The average Bonchev–Trinajstić information content (AvgIpc) is 3.42. The fourth-order valence-electron chi connectivity index (χ4n) is 8.09. The van der Waals surface area contributed by atoms with Crippen LogP contribution in [0.3, 0.4) is 0 Å². The van der Waals surface area contributed by atoms with E-state index < -0.39 is 60.3 Å². The number of carbonyl (C=O) groups excluding carboxylic acids is 4. The molecule has 1 aliphatic carbocycles. The molecule has 4 bridgehead atoms. The van der Waals surface area contributed by atoms with Crippen molar-refractivity contribution in [1.29, 1.82) is 0 Å². The van der Waals surface area contributed by atoms with Gasteiger partial charge in [0.2, 0.25) is 11.8 Å². The van der Waals surface area contributed by atoms with Gasteiger partial charge in [-0.15, -0.1) is 0 Å². The quantitative estimate of drug-likeness (QED) is 0.343. The molecular weight excluding hydrogens is 683 g/mol. The van der Waals surface area contributed by atoms with E-state index in [9.17, 15) is 28.6 Å². The van der Waals surface area contributed by atoms with Crippen LogP contribution in [0.2, 0.25) is 0 Å². The summed E-state index contributed by atoms with van der Waals surface area (Å²) in [5.74, 6) is -1.27. The Hall–Kier alpha value is -3.89. The zero-order valence-electron chi connectivity index (χ0n) is 30.9. The minimum Gasteiger partial charge on any atom is -0.449 e. The van der Waals surface area contributed by atoms with Gasteiger partial charge in [0.15, 0.2) is 0 Å². The number of rotatable bonds is 5. The molecule has 0 radical (unpaired) electrons. The Kier molecular flexibility index (Phi) is 10.8. The van der Waals surface area contributed by atoms with Crippen LogP contribution in [0.15, 0.2) is 48.5 Å². The summed E-state index contributed by atoms with van der Waals surface area (Å²) in [6.07, 6.45) is 2.41. The predicted molar refractivity (Wildman–Crippen MR) is 196 cm³/mol. The third kappa shape index (κ3) is 7.60. The van der Waals surface area contributed by atoms with Crippen LogP contribution in [-0.4, -0.2) is 75.3 Å². The van der Waals surface area contributed by atoms with Crippen LogP contribution in [0.5, 0.6) is 0 Å². The highest BCUT2D eigenvalue weighted by atomic mass is 31.2. The number of ether oxygens (including phenoxy) is 2. The minimum absolute atomic E-state index is 0.0118. The Balaban J connectivity index is 1.30. The highest BCUT2D eigenvalue weighted by molar-refractivity contribution is 7.68. The Morgan fingerprint density at radius 2 is 1.79 bits per heavy atom. The monoisotopic (exact) mass is 736 g/mol. The van der Waals surface area contributed by atoms with Crippen molar-refractivity contribution in [3.63, 3.8) is 0 Å². The van der Waals surface area contributed by atoms with E-state index in [4.69, 9.17) is 9.47 Å². The molecule has 4 aliphatic rings. The predicted octanol–water partition coefficient (Wildman–Crippen LogP) is 5.45. The van der Waals surface area contributed by atoms with Crippen molar-refractivity contribution in [2.24, 2.45) is 17.3 Å². The number of hydrogen-bond donors (Lipinski definition) is 3. The van der Waals surface area contributed by atoms with Crippen LogP contribution < -0.4 is 15.9 Å². The molecule has 2 fully saturated rings. The average molecular weight is 737 g/mol. The van der Waals surface area contributed by atoms with E-state index in [-0.39, 0.29) is 36.7 Å². The van der Waals surface area contributed by atoms with Crippen molar-refractivity contribution in [1.82, 2.24) is 20.4 Å². The standard InChI is InChI=1S/C39H53N4O8P/c1-6-28-20-39(28,52(48,49)30-17-8-7-9-18-30)41-34(44)32-19-29-22-43(32)35(45)33(38(3,4)5)40-36(46)50-24-25(2)13-10-11-14-26-15-12-16-27-21-42(23-31(26)27)37(47)51-29/h7-9,12,15-18,25,28-29,32-33H,6,10-11,13-14,19-24H2,1-5H3,(H,40,46)(H,41,44)(H,48,49)/t25-,28-,29+,32-,33+,39-/m0/s1. The summed E-state index contributed by atoms with van der Waals surface area (Å²) in [5.41, 5.74) is 2.62. The lowest BCUT2D eigenvalue weighted by molar-refractivity contribution is -0.142. The molecule has 1 saturated heterocycles. The molecule has 6 rings (SSSR count). The van der Waals surface area contributed by atoms with Crippen LogP contribution >= 0.6 is 7.37 Å². The Morgan fingerprint density at radius 3 is 2.48 bits per heavy atom. The molecule has 52 heavy (non-hydrogen) atoms. The van der Waals surface area contributed by atoms with E-state index in [1.807, 2.05) is 46.8 Å². The molecule has 0 aromatic heterocycles. The number of aryl methyl sites for hydroxylation is 1. The number of fused-ring (bicyclic) bond motifs is 3. The first kappa shape index (κ1) is 37.9. The lowest BCUT2D eigenvalue weighted by Gasteiger charge is -2.35. The summed E-state index contributed by atoms with van der Waals surface area (Å²) >= 11 is 0. The maximum Gasteiger partial charge on any atom is 0.410 e. The largest absolute Gasteiger partial charge is 0.449 e. The zero-order valence-corrected chi connectivity index (χ0v) is 31.8. The van der Waals surface area contributed by atoms with Gasteiger partial charge in [0.05, 0.1) is 13.2 Å². The number of nitrogens with zero attached hydrogens (tertiary/aromatic N) is 2. The summed E-state index contributed by atoms with van der Waals surface area (Å²) in [7, 11) is -4.11. The summed E-state index contributed by atoms with van der Waals surface area (Å²) in [4.78, 5) is 70.3. The van der Waals surface area contributed by atoms with E-state index in [0.717, 1.165) is 36.8 Å². The van der Waals surface area contributed by atoms with Gasteiger partial charge in [-0.25, -0.2) is 9.59 Å². The Morgan fingerprint density at radius 1 is 1.06 bits per heavy atom. The van der Waals surface area contributed by atoms with Gasteiger partial charge in [-0.3, -0.25) is 19.1 Å². The van der Waals surface area contributed by atoms with Gasteiger partial charge >= 0.3 is 12.2 Å². The minimum atomic E-state index is -4.11. The maximum absolute atomic E-state index is 14.5. The second-order valence-corrected chi connectivity index (χ2v) is 18.7. The first-order valence-electron chi connectivity index (χ1n) is 18.6. The topological polar surface area (TPSA) is 155 Å². The molecule has 12 nitrogen and oxygen atoms in total. The second kappa shape index (κ2) is 14.9. The summed E-state index contributed by atoms with van der Waals surface area (Å²) in [6.45, 7) is 10.3. The van der Waals surface area contributed by atoms with E-state index >= 15 is 0 Å². The smallest absolute Gasteiger partial charge is 0.410 e. The number of hydrogen-bond acceptors (Lipinski definition) is 7. The van der Waals surface area contributed by atoms with Crippen molar-refractivity contribution in [3.05, 3.63) is 65.2 Å². The first-order valence-corrected chi connectivity index (χ1v) is 20.3. The van der Waals surface area contributed by atoms with Gasteiger partial charge in [-0.1, -0.05) is 83.9 Å². The highest BCUT2D eigenvalue weighted by Gasteiger charge is 2.66. The van der Waals surface area contributed by atoms with E-state index in [2.05, 4.69) is 16.7 Å². The van der Waals surface area contributed by atoms with Crippen molar-refractivity contribution >= 4 is 36.7 Å². The number of benzene rings is 2.